The van der Waals surface area contributed by atoms with E-state index in [0.29, 0.717) is 37.0 Å². The lowest BCUT2D eigenvalue weighted by Crippen LogP contribution is -2.25. The molecule has 6 heteroatoms. The van der Waals surface area contributed by atoms with E-state index in [1.165, 1.54) is 0 Å². The molecule has 2 aromatic carbocycles. The molecule has 3 rings (SSSR count). The molecule has 0 aliphatic heterocycles. The number of methoxy groups -OCH3 is 1. The third-order valence-electron chi connectivity index (χ3n) is 5.36. The smallest absolute Gasteiger partial charge is 0.224 e. The van der Waals surface area contributed by atoms with Crippen LogP contribution in [0.15, 0.2) is 48.5 Å². The highest BCUT2D eigenvalue weighted by Gasteiger charge is 2.16. The van der Waals surface area contributed by atoms with Crippen LogP contribution in [0.25, 0.3) is 0 Å². The Morgan fingerprint density at radius 2 is 1.81 bits per heavy atom. The molecule has 0 fully saturated rings. The highest BCUT2D eigenvalue weighted by Crippen LogP contribution is 2.29. The number of carbonyl (C=O) groups excluding carboxylic acids is 1. The first kappa shape index (κ1) is 23.4. The Kier molecular flexibility index (Phi) is 7.92. The van der Waals surface area contributed by atoms with Crippen molar-refractivity contribution < 1.29 is 14.3 Å². The van der Waals surface area contributed by atoms with Crippen molar-refractivity contribution in [3.05, 3.63) is 76.6 Å². The summed E-state index contributed by atoms with van der Waals surface area (Å²) in [6.07, 6.45) is 0.325. The van der Waals surface area contributed by atoms with E-state index >= 15 is 0 Å². The van der Waals surface area contributed by atoms with Crippen LogP contribution in [0.2, 0.25) is 0 Å². The molecule has 1 heterocycles. The van der Waals surface area contributed by atoms with E-state index in [2.05, 4.69) is 24.3 Å². The van der Waals surface area contributed by atoms with Gasteiger partial charge in [-0.3, -0.25) is 9.48 Å². The van der Waals surface area contributed by atoms with Gasteiger partial charge in [0, 0.05) is 24.3 Å². The first-order valence-corrected chi connectivity index (χ1v) is 11.0. The van der Waals surface area contributed by atoms with E-state index in [-0.39, 0.29) is 5.91 Å². The molecule has 0 radical (unpaired) electrons. The topological polar surface area (TPSA) is 65.4 Å². The highest BCUT2D eigenvalue weighted by molar-refractivity contribution is 5.79. The van der Waals surface area contributed by atoms with Crippen LogP contribution in [0, 0.1) is 19.8 Å². The quantitative estimate of drug-likeness (QED) is 0.505. The number of rotatable bonds is 10. The van der Waals surface area contributed by atoms with Gasteiger partial charge in [0.05, 0.1) is 19.2 Å². The standard InChI is InChI=1S/C26H33N3O3/c1-18(2)16-29-20(4)23(19(3)28-29)14-26(30)27-15-22-11-12-24(25(13-22)31-5)32-17-21-9-7-6-8-10-21/h6-13,18H,14-17H2,1-5H3,(H,27,30). The van der Waals surface area contributed by atoms with E-state index in [0.717, 1.165) is 34.6 Å². The van der Waals surface area contributed by atoms with Gasteiger partial charge in [-0.2, -0.15) is 5.10 Å². The number of hydrogen-bond acceptors (Lipinski definition) is 4. The predicted octanol–water partition coefficient (Wildman–Crippen LogP) is 4.60. The Hall–Kier alpha value is -3.28. The molecule has 0 saturated heterocycles. The Bertz CT molecular complexity index is 1040. The van der Waals surface area contributed by atoms with Gasteiger partial charge in [-0.1, -0.05) is 50.2 Å². The van der Waals surface area contributed by atoms with Gasteiger partial charge >= 0.3 is 0 Å². The first-order valence-electron chi connectivity index (χ1n) is 11.0. The lowest BCUT2D eigenvalue weighted by Gasteiger charge is -2.13. The highest BCUT2D eigenvalue weighted by atomic mass is 16.5. The Morgan fingerprint density at radius 3 is 2.50 bits per heavy atom. The van der Waals surface area contributed by atoms with Crippen LogP contribution in [0.1, 0.15) is 41.9 Å². The normalized spacial score (nSPS) is 10.9. The number of nitrogens with one attached hydrogen (secondary N) is 1. The molecule has 1 N–H and O–H groups in total. The zero-order chi connectivity index (χ0) is 23.1. The summed E-state index contributed by atoms with van der Waals surface area (Å²) in [5.74, 6) is 1.80. The maximum absolute atomic E-state index is 12.6. The molecule has 1 aromatic heterocycles. The predicted molar refractivity (Wildman–Crippen MR) is 126 cm³/mol. The van der Waals surface area contributed by atoms with Crippen molar-refractivity contribution in [3.8, 4) is 11.5 Å². The van der Waals surface area contributed by atoms with Gasteiger partial charge in [0.15, 0.2) is 11.5 Å². The molecule has 3 aromatic rings. The average molecular weight is 436 g/mol. The molecule has 170 valence electrons. The van der Waals surface area contributed by atoms with Gasteiger partial charge in [0.1, 0.15) is 6.61 Å². The molecule has 32 heavy (non-hydrogen) atoms. The second kappa shape index (κ2) is 10.8. The summed E-state index contributed by atoms with van der Waals surface area (Å²) in [4.78, 5) is 12.6. The lowest BCUT2D eigenvalue weighted by atomic mass is 10.1. The number of aromatic nitrogens is 2. The zero-order valence-electron chi connectivity index (χ0n) is 19.6. The number of benzene rings is 2. The second-order valence-electron chi connectivity index (χ2n) is 8.44. The molecule has 0 bridgehead atoms. The minimum Gasteiger partial charge on any atom is -0.493 e. The van der Waals surface area contributed by atoms with Crippen LogP contribution in [0.3, 0.4) is 0 Å². The number of hydrogen-bond donors (Lipinski definition) is 1. The minimum absolute atomic E-state index is 0.0244. The number of nitrogens with zero attached hydrogens (tertiary/aromatic N) is 2. The van der Waals surface area contributed by atoms with Gasteiger partial charge in [-0.05, 0) is 43.0 Å². The molecule has 0 saturated carbocycles. The molecular weight excluding hydrogens is 402 g/mol. The Labute approximate surface area is 190 Å². The van der Waals surface area contributed by atoms with Crippen molar-refractivity contribution in [1.29, 1.82) is 0 Å². The second-order valence-corrected chi connectivity index (χ2v) is 8.44. The van der Waals surface area contributed by atoms with Gasteiger partial charge in [0.2, 0.25) is 5.91 Å². The Morgan fingerprint density at radius 1 is 1.06 bits per heavy atom. The van der Waals surface area contributed by atoms with Crippen LogP contribution in [-0.2, 0) is 30.9 Å². The summed E-state index contributed by atoms with van der Waals surface area (Å²) in [5, 5.41) is 7.61. The van der Waals surface area contributed by atoms with E-state index in [1.54, 1.807) is 7.11 Å². The van der Waals surface area contributed by atoms with Crippen LogP contribution >= 0.6 is 0 Å². The maximum atomic E-state index is 12.6. The molecule has 6 nitrogen and oxygen atoms in total. The van der Waals surface area contributed by atoms with E-state index < -0.39 is 0 Å². The van der Waals surface area contributed by atoms with Crippen LogP contribution in [0.4, 0.5) is 0 Å². The zero-order valence-corrected chi connectivity index (χ0v) is 19.6. The van der Waals surface area contributed by atoms with Crippen molar-refractivity contribution in [3.63, 3.8) is 0 Å². The minimum atomic E-state index is -0.0244. The van der Waals surface area contributed by atoms with Crippen LogP contribution in [0.5, 0.6) is 11.5 Å². The maximum Gasteiger partial charge on any atom is 0.224 e. The van der Waals surface area contributed by atoms with Crippen LogP contribution < -0.4 is 14.8 Å². The Balaban J connectivity index is 1.58. The SMILES string of the molecule is COc1cc(CNC(=O)Cc2c(C)nn(CC(C)C)c2C)ccc1OCc1ccccc1. The largest absolute Gasteiger partial charge is 0.493 e. The summed E-state index contributed by atoms with van der Waals surface area (Å²) < 4.78 is 13.4. The van der Waals surface area contributed by atoms with Crippen molar-refractivity contribution in [2.24, 2.45) is 5.92 Å². The monoisotopic (exact) mass is 435 g/mol. The van der Waals surface area contributed by atoms with E-state index in [1.807, 2.05) is 67.1 Å². The summed E-state index contributed by atoms with van der Waals surface area (Å²) in [6, 6.07) is 15.7. The van der Waals surface area contributed by atoms with Gasteiger partial charge in [0.25, 0.3) is 0 Å². The van der Waals surface area contributed by atoms with Gasteiger partial charge < -0.3 is 14.8 Å². The number of amides is 1. The average Bonchev–Trinajstić information content (AvgIpc) is 3.03. The summed E-state index contributed by atoms with van der Waals surface area (Å²) in [5.41, 5.74) is 5.03. The molecule has 0 unspecified atom stereocenters. The molecule has 0 spiro atoms. The third-order valence-corrected chi connectivity index (χ3v) is 5.36. The molecule has 0 atom stereocenters. The summed E-state index contributed by atoms with van der Waals surface area (Å²) in [6.45, 7) is 10.1. The summed E-state index contributed by atoms with van der Waals surface area (Å²) in [7, 11) is 1.62. The fourth-order valence-electron chi connectivity index (χ4n) is 3.61. The number of ether oxygens (including phenoxy) is 2. The fourth-order valence-corrected chi connectivity index (χ4v) is 3.61. The molecule has 0 aliphatic rings. The van der Waals surface area contributed by atoms with Gasteiger partial charge in [-0.15, -0.1) is 0 Å². The fraction of sp³-hybridized carbons (Fsp3) is 0.385. The van der Waals surface area contributed by atoms with Crippen LogP contribution in [-0.4, -0.2) is 22.8 Å². The van der Waals surface area contributed by atoms with E-state index in [4.69, 9.17) is 9.47 Å². The van der Waals surface area contributed by atoms with Crippen molar-refractivity contribution >= 4 is 5.91 Å². The summed E-state index contributed by atoms with van der Waals surface area (Å²) >= 11 is 0. The van der Waals surface area contributed by atoms with E-state index in [9.17, 15) is 4.79 Å². The van der Waals surface area contributed by atoms with Gasteiger partial charge in [-0.25, -0.2) is 0 Å². The lowest BCUT2D eigenvalue weighted by molar-refractivity contribution is -0.120. The molecule has 1 amide bonds. The van der Waals surface area contributed by atoms with Crippen molar-refractivity contribution in [1.82, 2.24) is 15.1 Å². The number of aryl methyl sites for hydroxylation is 1. The first-order chi connectivity index (χ1) is 15.4. The molecule has 0 aliphatic carbocycles. The third kappa shape index (κ3) is 6.13. The molecular formula is C26H33N3O3. The number of carbonyl (C=O) groups is 1. The van der Waals surface area contributed by atoms with Crippen molar-refractivity contribution in [2.45, 2.75) is 53.8 Å². The van der Waals surface area contributed by atoms with Crippen molar-refractivity contribution in [2.75, 3.05) is 7.11 Å².